The van der Waals surface area contributed by atoms with Crippen molar-refractivity contribution in [2.75, 3.05) is 50.1 Å². The largest absolute Gasteiger partial charge is 0.369 e. The first kappa shape index (κ1) is 17.6. The summed E-state index contributed by atoms with van der Waals surface area (Å²) >= 11 is 0. The highest BCUT2D eigenvalue weighted by atomic mass is 15.3. The molecule has 3 heterocycles. The fourth-order valence-electron chi connectivity index (χ4n) is 3.48. The number of fused-ring (bicyclic) bond motifs is 1. The van der Waals surface area contributed by atoms with Crippen molar-refractivity contribution in [3.8, 4) is 0 Å². The predicted octanol–water partition coefficient (Wildman–Crippen LogP) is 2.12. The predicted molar refractivity (Wildman–Crippen MR) is 108 cm³/mol. The molecule has 0 spiro atoms. The smallest absolute Gasteiger partial charge is 0.139 e. The third kappa shape index (κ3) is 3.83. The summed E-state index contributed by atoms with van der Waals surface area (Å²) in [5, 5.41) is 1.09. The first-order chi connectivity index (χ1) is 13.1. The van der Waals surface area contributed by atoms with Crippen LogP contribution < -0.4 is 9.80 Å². The number of benzene rings is 1. The van der Waals surface area contributed by atoms with Gasteiger partial charge in [-0.05, 0) is 25.1 Å². The van der Waals surface area contributed by atoms with E-state index in [0.29, 0.717) is 0 Å². The van der Waals surface area contributed by atoms with E-state index in [2.05, 4.69) is 47.9 Å². The number of piperazine rings is 1. The number of anilines is 2. The lowest BCUT2D eigenvalue weighted by Crippen LogP contribution is -2.46. The minimum Gasteiger partial charge on any atom is -0.369 e. The molecule has 1 aliphatic rings. The molecule has 1 saturated heterocycles. The highest BCUT2D eigenvalue weighted by Crippen LogP contribution is 2.27. The van der Waals surface area contributed by atoms with Crippen LogP contribution in [0.4, 0.5) is 11.5 Å². The molecule has 0 aliphatic carbocycles. The van der Waals surface area contributed by atoms with Gasteiger partial charge in [-0.3, -0.25) is 14.9 Å². The van der Waals surface area contributed by atoms with E-state index in [1.807, 2.05) is 38.3 Å². The van der Waals surface area contributed by atoms with Crippen LogP contribution in [-0.2, 0) is 6.54 Å². The van der Waals surface area contributed by atoms with Crippen molar-refractivity contribution in [1.82, 2.24) is 24.8 Å². The van der Waals surface area contributed by atoms with Crippen molar-refractivity contribution in [2.45, 2.75) is 13.5 Å². The van der Waals surface area contributed by atoms with Crippen LogP contribution in [0.1, 0.15) is 11.4 Å². The van der Waals surface area contributed by atoms with Gasteiger partial charge in [0.15, 0.2) is 0 Å². The molecule has 0 bridgehead atoms. The molecular formula is C20H25N7. The maximum Gasteiger partial charge on any atom is 0.139 e. The van der Waals surface area contributed by atoms with Crippen LogP contribution >= 0.6 is 0 Å². The van der Waals surface area contributed by atoms with Crippen molar-refractivity contribution >= 4 is 22.4 Å². The Balaban J connectivity index is 1.46. The summed E-state index contributed by atoms with van der Waals surface area (Å²) in [7, 11) is 4.03. The summed E-state index contributed by atoms with van der Waals surface area (Å²) in [4.78, 5) is 24.6. The molecule has 1 aromatic carbocycles. The van der Waals surface area contributed by atoms with Gasteiger partial charge in [-0.25, -0.2) is 9.97 Å². The van der Waals surface area contributed by atoms with Gasteiger partial charge in [-0.2, -0.15) is 0 Å². The second kappa shape index (κ2) is 7.44. The number of hydrogen-bond donors (Lipinski definition) is 0. The standard InChI is InChI=1S/C20H25N7/c1-15-11-22-16(12-21-15)13-26-6-8-27(9-7-26)17-4-5-19-18(10-17)20(25(2)3)24-14-23-19/h4-5,10-12,14H,6-9,13H2,1-3H3. The Hall–Kier alpha value is -2.80. The van der Waals surface area contributed by atoms with Gasteiger partial charge in [0.25, 0.3) is 0 Å². The third-order valence-corrected chi connectivity index (χ3v) is 4.98. The molecule has 3 aromatic rings. The van der Waals surface area contributed by atoms with E-state index in [1.165, 1.54) is 5.69 Å². The molecule has 7 nitrogen and oxygen atoms in total. The summed E-state index contributed by atoms with van der Waals surface area (Å²) < 4.78 is 0. The first-order valence-corrected chi connectivity index (χ1v) is 9.27. The third-order valence-electron chi connectivity index (χ3n) is 4.98. The van der Waals surface area contributed by atoms with Crippen LogP contribution in [0, 0.1) is 6.92 Å². The zero-order valence-corrected chi connectivity index (χ0v) is 16.1. The molecule has 0 radical (unpaired) electrons. The second-order valence-corrected chi connectivity index (χ2v) is 7.21. The zero-order valence-electron chi connectivity index (χ0n) is 16.1. The fraction of sp³-hybridized carbons (Fsp3) is 0.400. The van der Waals surface area contributed by atoms with E-state index in [4.69, 9.17) is 0 Å². The van der Waals surface area contributed by atoms with Gasteiger partial charge in [0.1, 0.15) is 12.1 Å². The average Bonchev–Trinajstić information content (AvgIpc) is 2.69. The van der Waals surface area contributed by atoms with Crippen LogP contribution in [0.2, 0.25) is 0 Å². The number of aryl methyl sites for hydroxylation is 1. The van der Waals surface area contributed by atoms with Gasteiger partial charge in [-0.15, -0.1) is 0 Å². The molecule has 4 rings (SSSR count). The SMILES string of the molecule is Cc1cnc(CN2CCN(c3ccc4ncnc(N(C)C)c4c3)CC2)cn1. The molecule has 0 N–H and O–H groups in total. The van der Waals surface area contributed by atoms with Gasteiger partial charge in [0.05, 0.1) is 16.9 Å². The van der Waals surface area contributed by atoms with Gasteiger partial charge in [0.2, 0.25) is 0 Å². The minimum atomic E-state index is 0.859. The zero-order chi connectivity index (χ0) is 18.8. The van der Waals surface area contributed by atoms with E-state index in [9.17, 15) is 0 Å². The van der Waals surface area contributed by atoms with Crippen molar-refractivity contribution in [3.05, 3.63) is 48.3 Å². The molecule has 0 saturated carbocycles. The summed E-state index contributed by atoms with van der Waals surface area (Å²) in [5.74, 6) is 0.957. The maximum absolute atomic E-state index is 4.47. The number of nitrogens with zero attached hydrogens (tertiary/aromatic N) is 7. The van der Waals surface area contributed by atoms with Gasteiger partial charge >= 0.3 is 0 Å². The minimum absolute atomic E-state index is 0.859. The molecule has 2 aromatic heterocycles. The fourth-order valence-corrected chi connectivity index (χ4v) is 3.48. The lowest BCUT2D eigenvalue weighted by molar-refractivity contribution is 0.247. The Morgan fingerprint density at radius 3 is 2.48 bits per heavy atom. The Labute approximate surface area is 159 Å². The van der Waals surface area contributed by atoms with E-state index in [0.717, 1.165) is 60.8 Å². The van der Waals surface area contributed by atoms with Crippen molar-refractivity contribution in [2.24, 2.45) is 0 Å². The Bertz CT molecular complexity index is 915. The number of hydrogen-bond acceptors (Lipinski definition) is 7. The van der Waals surface area contributed by atoms with Crippen molar-refractivity contribution in [3.63, 3.8) is 0 Å². The van der Waals surface area contributed by atoms with Crippen LogP contribution in [0.15, 0.2) is 36.9 Å². The van der Waals surface area contributed by atoms with Gasteiger partial charge in [-0.1, -0.05) is 0 Å². The van der Waals surface area contributed by atoms with Gasteiger partial charge < -0.3 is 9.80 Å². The number of aromatic nitrogens is 4. The van der Waals surface area contributed by atoms with E-state index < -0.39 is 0 Å². The lowest BCUT2D eigenvalue weighted by atomic mass is 10.1. The quantitative estimate of drug-likeness (QED) is 0.703. The topological polar surface area (TPSA) is 61.3 Å². The molecule has 1 aliphatic heterocycles. The van der Waals surface area contributed by atoms with Crippen LogP contribution in [0.25, 0.3) is 10.9 Å². The molecule has 7 heteroatoms. The molecule has 1 fully saturated rings. The molecule has 0 atom stereocenters. The maximum atomic E-state index is 4.47. The average molecular weight is 363 g/mol. The molecule has 140 valence electrons. The van der Waals surface area contributed by atoms with Crippen LogP contribution in [0.3, 0.4) is 0 Å². The van der Waals surface area contributed by atoms with E-state index >= 15 is 0 Å². The molecule has 0 unspecified atom stereocenters. The van der Waals surface area contributed by atoms with Crippen molar-refractivity contribution in [1.29, 1.82) is 0 Å². The lowest BCUT2D eigenvalue weighted by Gasteiger charge is -2.36. The summed E-state index contributed by atoms with van der Waals surface area (Å²) in [6, 6.07) is 6.47. The van der Waals surface area contributed by atoms with Crippen molar-refractivity contribution < 1.29 is 0 Å². The van der Waals surface area contributed by atoms with E-state index in [1.54, 1.807) is 6.33 Å². The normalized spacial score (nSPS) is 15.3. The van der Waals surface area contributed by atoms with Gasteiger partial charge in [0, 0.05) is 70.3 Å². The van der Waals surface area contributed by atoms with E-state index in [-0.39, 0.29) is 0 Å². The summed E-state index contributed by atoms with van der Waals surface area (Å²) in [6.45, 7) is 6.84. The Kier molecular flexibility index (Phi) is 4.85. The second-order valence-electron chi connectivity index (χ2n) is 7.21. The van der Waals surface area contributed by atoms with Crippen LogP contribution in [0.5, 0.6) is 0 Å². The number of rotatable bonds is 4. The first-order valence-electron chi connectivity index (χ1n) is 9.27. The Morgan fingerprint density at radius 1 is 0.963 bits per heavy atom. The monoisotopic (exact) mass is 363 g/mol. The van der Waals surface area contributed by atoms with Crippen LogP contribution in [-0.4, -0.2) is 65.1 Å². The summed E-state index contributed by atoms with van der Waals surface area (Å²) in [6.07, 6.45) is 5.35. The molecular weight excluding hydrogens is 338 g/mol. The Morgan fingerprint density at radius 2 is 1.78 bits per heavy atom. The highest BCUT2D eigenvalue weighted by molar-refractivity contribution is 5.91. The molecule has 0 amide bonds. The highest BCUT2D eigenvalue weighted by Gasteiger charge is 2.19. The summed E-state index contributed by atoms with van der Waals surface area (Å²) in [5.41, 5.74) is 4.21. The molecule has 27 heavy (non-hydrogen) atoms.